The smallest absolute Gasteiger partial charge is 0.163 e. The van der Waals surface area contributed by atoms with Crippen LogP contribution in [0.1, 0.15) is 52.0 Å². The molecule has 1 aromatic rings. The lowest BCUT2D eigenvalue weighted by Gasteiger charge is -2.46. The third-order valence-electron chi connectivity index (χ3n) is 6.09. The van der Waals surface area contributed by atoms with Crippen LogP contribution in [0.3, 0.4) is 0 Å². The number of aliphatic hydroxyl groups excluding tert-OH is 1. The topological polar surface area (TPSA) is 71.3 Å². The summed E-state index contributed by atoms with van der Waals surface area (Å²) in [5.41, 5.74) is 0.865. The highest BCUT2D eigenvalue weighted by molar-refractivity contribution is 5.26. The molecule has 1 spiro atoms. The zero-order valence-electron chi connectivity index (χ0n) is 16.3. The first-order chi connectivity index (χ1) is 12.3. The molecule has 0 amide bonds. The number of hydrogen-bond donors (Lipinski definition) is 3. The molecule has 1 aliphatic heterocycles. The van der Waals surface area contributed by atoms with E-state index in [0.717, 1.165) is 38.8 Å². The van der Waals surface area contributed by atoms with Crippen LogP contribution in [0.15, 0.2) is 30.3 Å². The highest BCUT2D eigenvalue weighted by Gasteiger charge is 2.49. The quantitative estimate of drug-likeness (QED) is 0.756. The van der Waals surface area contributed by atoms with Gasteiger partial charge in [-0.25, -0.2) is 0 Å². The van der Waals surface area contributed by atoms with Crippen molar-refractivity contribution in [3.05, 3.63) is 35.9 Å². The maximum atomic E-state index is 10.5. The Morgan fingerprint density at radius 1 is 1.27 bits per heavy atom. The van der Waals surface area contributed by atoms with Gasteiger partial charge >= 0.3 is 0 Å². The third kappa shape index (κ3) is 3.79. The van der Waals surface area contributed by atoms with E-state index in [4.69, 9.17) is 0 Å². The Labute approximate surface area is 157 Å². The summed E-state index contributed by atoms with van der Waals surface area (Å²) in [6.07, 6.45) is 3.44. The molecule has 0 bridgehead atoms. The van der Waals surface area contributed by atoms with E-state index in [0.29, 0.717) is 6.54 Å². The minimum Gasteiger partial charge on any atom is -0.365 e. The van der Waals surface area contributed by atoms with Crippen LogP contribution in [0.25, 0.3) is 0 Å². The van der Waals surface area contributed by atoms with Gasteiger partial charge in [-0.1, -0.05) is 37.3 Å². The van der Waals surface area contributed by atoms with Crippen LogP contribution in [0.4, 0.5) is 0 Å². The van der Waals surface area contributed by atoms with E-state index < -0.39 is 11.8 Å². The van der Waals surface area contributed by atoms with Crippen LogP contribution in [0, 0.1) is 16.7 Å². The van der Waals surface area contributed by atoms with Crippen molar-refractivity contribution >= 4 is 0 Å². The van der Waals surface area contributed by atoms with E-state index >= 15 is 0 Å². The summed E-state index contributed by atoms with van der Waals surface area (Å²) in [5.74, 6) is 0. The third-order valence-corrected chi connectivity index (χ3v) is 6.09. The van der Waals surface area contributed by atoms with Gasteiger partial charge in [0, 0.05) is 24.2 Å². The summed E-state index contributed by atoms with van der Waals surface area (Å²) >= 11 is 0. The van der Waals surface area contributed by atoms with Gasteiger partial charge in [0.2, 0.25) is 0 Å². The number of nitrogens with zero attached hydrogens (tertiary/aromatic N) is 2. The van der Waals surface area contributed by atoms with Gasteiger partial charge in [-0.15, -0.1) is 0 Å². The molecule has 1 heterocycles. The van der Waals surface area contributed by atoms with Crippen LogP contribution < -0.4 is 10.6 Å². The SMILES string of the molecule is CCNC1(c2ccccc2)CCC2(CC1)CN(CC(C)(C)C#N)C(O)N2. The van der Waals surface area contributed by atoms with E-state index in [1.54, 1.807) is 0 Å². The van der Waals surface area contributed by atoms with E-state index in [9.17, 15) is 10.4 Å². The molecule has 5 heteroatoms. The Balaban J connectivity index is 1.72. The van der Waals surface area contributed by atoms with Gasteiger partial charge in [-0.2, -0.15) is 5.26 Å². The van der Waals surface area contributed by atoms with Crippen molar-refractivity contribution in [1.29, 1.82) is 5.26 Å². The zero-order chi connectivity index (χ0) is 18.8. The molecular formula is C21H32N4O. The molecule has 1 unspecified atom stereocenters. The second-order valence-electron chi connectivity index (χ2n) is 8.68. The van der Waals surface area contributed by atoms with Crippen LogP contribution in [-0.2, 0) is 5.54 Å². The fourth-order valence-electron chi connectivity index (χ4n) is 4.69. The number of aliphatic hydroxyl groups is 1. The summed E-state index contributed by atoms with van der Waals surface area (Å²) in [6, 6.07) is 13.1. The minimum atomic E-state index is -0.661. The van der Waals surface area contributed by atoms with Crippen molar-refractivity contribution in [3.63, 3.8) is 0 Å². The highest BCUT2D eigenvalue weighted by atomic mass is 16.3. The van der Waals surface area contributed by atoms with Crippen LogP contribution in [0.5, 0.6) is 0 Å². The van der Waals surface area contributed by atoms with Crippen molar-refractivity contribution in [2.75, 3.05) is 19.6 Å². The van der Waals surface area contributed by atoms with Gasteiger partial charge in [-0.3, -0.25) is 10.2 Å². The summed E-state index contributed by atoms with van der Waals surface area (Å²) in [7, 11) is 0. The molecule has 1 aromatic carbocycles. The zero-order valence-corrected chi connectivity index (χ0v) is 16.3. The van der Waals surface area contributed by atoms with Gasteiger partial charge in [0.1, 0.15) is 0 Å². The molecule has 3 rings (SSSR count). The highest BCUT2D eigenvalue weighted by Crippen LogP contribution is 2.43. The van der Waals surface area contributed by atoms with Crippen molar-refractivity contribution in [1.82, 2.24) is 15.5 Å². The van der Waals surface area contributed by atoms with Gasteiger partial charge in [0.25, 0.3) is 0 Å². The van der Waals surface area contributed by atoms with E-state index in [1.807, 2.05) is 18.7 Å². The normalized spacial score (nSPS) is 32.7. The lowest BCUT2D eigenvalue weighted by Crippen LogP contribution is -2.54. The summed E-state index contributed by atoms with van der Waals surface area (Å²) < 4.78 is 0. The fraction of sp³-hybridized carbons (Fsp3) is 0.667. The predicted molar refractivity (Wildman–Crippen MR) is 103 cm³/mol. The molecule has 3 N–H and O–H groups in total. The Hall–Kier alpha value is -1.45. The molecule has 1 saturated heterocycles. The molecule has 142 valence electrons. The molecule has 26 heavy (non-hydrogen) atoms. The second-order valence-corrected chi connectivity index (χ2v) is 8.68. The molecule has 2 fully saturated rings. The monoisotopic (exact) mass is 356 g/mol. The lowest BCUT2D eigenvalue weighted by atomic mass is 9.69. The summed E-state index contributed by atoms with van der Waals surface area (Å²) in [5, 5.41) is 27.0. The summed E-state index contributed by atoms with van der Waals surface area (Å²) in [6.45, 7) is 8.35. The Morgan fingerprint density at radius 3 is 2.50 bits per heavy atom. The number of nitriles is 1. The number of nitrogens with one attached hydrogen (secondary N) is 2. The average molecular weight is 357 g/mol. The van der Waals surface area contributed by atoms with Crippen LogP contribution in [-0.4, -0.2) is 41.5 Å². The molecular weight excluding hydrogens is 324 g/mol. The first kappa shape index (κ1) is 19.3. The number of rotatable bonds is 5. The standard InChI is InChI=1S/C21H32N4O/c1-4-23-21(17-8-6-5-7-9-17)12-10-20(11-13-21)16-25(18(26)24-20)15-19(2,3)14-22/h5-9,18,23-24,26H,4,10-13,15-16H2,1-3H3. The molecule has 1 atom stereocenters. The maximum absolute atomic E-state index is 10.5. The molecule has 0 radical (unpaired) electrons. The van der Waals surface area contributed by atoms with Gasteiger partial charge in [-0.05, 0) is 51.6 Å². The Bertz CT molecular complexity index is 644. The Kier molecular flexibility index (Phi) is 5.41. The van der Waals surface area contributed by atoms with E-state index in [-0.39, 0.29) is 11.1 Å². The van der Waals surface area contributed by atoms with E-state index in [2.05, 4.69) is 54.0 Å². The van der Waals surface area contributed by atoms with Crippen LogP contribution >= 0.6 is 0 Å². The van der Waals surface area contributed by atoms with Gasteiger partial charge < -0.3 is 10.4 Å². The molecule has 5 nitrogen and oxygen atoms in total. The fourth-order valence-corrected chi connectivity index (χ4v) is 4.69. The predicted octanol–water partition coefficient (Wildman–Crippen LogP) is 2.54. The van der Waals surface area contributed by atoms with Crippen LogP contribution in [0.2, 0.25) is 0 Å². The average Bonchev–Trinajstić information content (AvgIpc) is 2.93. The van der Waals surface area contributed by atoms with Crippen molar-refractivity contribution in [2.24, 2.45) is 5.41 Å². The molecule has 1 aliphatic carbocycles. The number of hydrogen-bond acceptors (Lipinski definition) is 5. The number of benzene rings is 1. The van der Waals surface area contributed by atoms with E-state index in [1.165, 1.54) is 5.56 Å². The maximum Gasteiger partial charge on any atom is 0.163 e. The first-order valence-corrected chi connectivity index (χ1v) is 9.75. The van der Waals surface area contributed by atoms with Gasteiger partial charge in [0.15, 0.2) is 6.35 Å². The second kappa shape index (κ2) is 7.28. The molecule has 2 aliphatic rings. The lowest BCUT2D eigenvalue weighted by molar-refractivity contribution is 0.00668. The van der Waals surface area contributed by atoms with Crippen molar-refractivity contribution in [2.45, 2.75) is 63.9 Å². The van der Waals surface area contributed by atoms with Crippen molar-refractivity contribution < 1.29 is 5.11 Å². The molecule has 1 saturated carbocycles. The molecule has 0 aromatic heterocycles. The van der Waals surface area contributed by atoms with Crippen molar-refractivity contribution in [3.8, 4) is 6.07 Å². The van der Waals surface area contributed by atoms with Gasteiger partial charge in [0.05, 0.1) is 11.5 Å². The minimum absolute atomic E-state index is 0.0211. The summed E-state index contributed by atoms with van der Waals surface area (Å²) in [4.78, 5) is 2.02. The Morgan fingerprint density at radius 2 is 1.92 bits per heavy atom. The first-order valence-electron chi connectivity index (χ1n) is 9.75. The largest absolute Gasteiger partial charge is 0.365 e.